The normalized spacial score (nSPS) is 17.3. The Morgan fingerprint density at radius 2 is 1.61 bits per heavy atom. The fraction of sp³-hybridized carbons (Fsp3) is 0.478. The maximum Gasteiger partial charge on any atom is 0.142 e. The molecule has 5 heteroatoms. The van der Waals surface area contributed by atoms with E-state index in [-0.39, 0.29) is 0 Å². The van der Waals surface area contributed by atoms with Crippen LogP contribution in [0.25, 0.3) is 0 Å². The van der Waals surface area contributed by atoms with Crippen molar-refractivity contribution in [1.29, 1.82) is 0 Å². The maximum absolute atomic E-state index is 10.3. The van der Waals surface area contributed by atoms with E-state index in [1.165, 1.54) is 5.56 Å². The number of benzene rings is 2. The van der Waals surface area contributed by atoms with Crippen LogP contribution in [0.4, 0.5) is 5.69 Å². The number of rotatable bonds is 9. The van der Waals surface area contributed by atoms with Gasteiger partial charge < -0.3 is 19.5 Å². The number of methoxy groups -OCH3 is 1. The Bertz CT molecular complexity index is 702. The van der Waals surface area contributed by atoms with E-state index in [2.05, 4.69) is 34.9 Å². The van der Waals surface area contributed by atoms with Gasteiger partial charge in [0.2, 0.25) is 0 Å². The molecule has 1 aliphatic rings. The topological polar surface area (TPSA) is 45.2 Å². The smallest absolute Gasteiger partial charge is 0.142 e. The highest BCUT2D eigenvalue weighted by atomic mass is 16.5. The Labute approximate surface area is 168 Å². The summed E-state index contributed by atoms with van der Waals surface area (Å²) in [4.78, 5) is 4.65. The average molecular weight is 385 g/mol. The molecule has 0 radical (unpaired) electrons. The minimum atomic E-state index is -0.458. The summed E-state index contributed by atoms with van der Waals surface area (Å²) in [5.74, 6) is 1.25. The first-order valence-corrected chi connectivity index (χ1v) is 10.1. The average Bonchev–Trinajstić information content (AvgIpc) is 2.75. The van der Waals surface area contributed by atoms with Crippen LogP contribution >= 0.6 is 0 Å². The lowest BCUT2D eigenvalue weighted by atomic mass is 10.0. The first-order valence-electron chi connectivity index (χ1n) is 10.1. The van der Waals surface area contributed by atoms with Gasteiger partial charge in [-0.05, 0) is 17.7 Å². The van der Waals surface area contributed by atoms with E-state index in [4.69, 9.17) is 9.47 Å². The highest BCUT2D eigenvalue weighted by Crippen LogP contribution is 2.28. The molecule has 1 aliphatic heterocycles. The Balaban J connectivity index is 1.37. The van der Waals surface area contributed by atoms with E-state index in [1.807, 2.05) is 36.4 Å². The van der Waals surface area contributed by atoms with E-state index < -0.39 is 6.10 Å². The van der Waals surface area contributed by atoms with Crippen molar-refractivity contribution >= 4 is 5.69 Å². The Hall–Kier alpha value is -2.08. The Morgan fingerprint density at radius 1 is 0.929 bits per heavy atom. The van der Waals surface area contributed by atoms with Gasteiger partial charge in [-0.25, -0.2) is 0 Å². The highest BCUT2D eigenvalue weighted by Gasteiger charge is 2.21. The molecule has 28 heavy (non-hydrogen) atoms. The van der Waals surface area contributed by atoms with Gasteiger partial charge in [-0.3, -0.25) is 4.90 Å². The summed E-state index contributed by atoms with van der Waals surface area (Å²) in [5, 5.41) is 10.3. The molecule has 1 N–H and O–H groups in total. The van der Waals surface area contributed by atoms with Crippen molar-refractivity contribution in [1.82, 2.24) is 4.90 Å². The van der Waals surface area contributed by atoms with Gasteiger partial charge in [0.25, 0.3) is 0 Å². The van der Waals surface area contributed by atoms with Crippen LogP contribution in [0, 0.1) is 0 Å². The van der Waals surface area contributed by atoms with Crippen molar-refractivity contribution in [3.63, 3.8) is 0 Å². The molecular formula is C23H32N2O3. The summed E-state index contributed by atoms with van der Waals surface area (Å²) < 4.78 is 11.2. The zero-order valence-electron chi connectivity index (χ0n) is 17.0. The summed E-state index contributed by atoms with van der Waals surface area (Å²) in [7, 11) is 1.71. The van der Waals surface area contributed by atoms with E-state index in [0.717, 1.165) is 37.6 Å². The molecule has 2 aromatic rings. The number of hydrogen-bond acceptors (Lipinski definition) is 5. The van der Waals surface area contributed by atoms with Gasteiger partial charge in [0.05, 0.1) is 32.1 Å². The number of piperazine rings is 1. The molecule has 1 saturated heterocycles. The second-order valence-corrected chi connectivity index (χ2v) is 7.46. The summed E-state index contributed by atoms with van der Waals surface area (Å²) in [5.41, 5.74) is 2.41. The van der Waals surface area contributed by atoms with Gasteiger partial charge >= 0.3 is 0 Å². The van der Waals surface area contributed by atoms with Crippen LogP contribution in [0.1, 0.15) is 18.4 Å². The van der Waals surface area contributed by atoms with Crippen molar-refractivity contribution < 1.29 is 14.6 Å². The molecule has 0 amide bonds. The van der Waals surface area contributed by atoms with Crippen LogP contribution in [-0.2, 0) is 4.74 Å². The number of ether oxygens (including phenoxy) is 2. The van der Waals surface area contributed by atoms with Crippen molar-refractivity contribution in [2.45, 2.75) is 18.9 Å². The zero-order valence-corrected chi connectivity index (χ0v) is 17.0. The lowest BCUT2D eigenvalue weighted by Gasteiger charge is -2.37. The van der Waals surface area contributed by atoms with Crippen LogP contribution in [-0.4, -0.2) is 69.2 Å². The van der Waals surface area contributed by atoms with E-state index >= 15 is 0 Å². The van der Waals surface area contributed by atoms with Crippen LogP contribution in [0.2, 0.25) is 0 Å². The minimum Gasteiger partial charge on any atom is -0.495 e. The summed E-state index contributed by atoms with van der Waals surface area (Å²) in [6, 6.07) is 18.5. The predicted octanol–water partition coefficient (Wildman–Crippen LogP) is 3.00. The molecule has 5 nitrogen and oxygen atoms in total. The fourth-order valence-corrected chi connectivity index (χ4v) is 3.67. The molecule has 2 atom stereocenters. The highest BCUT2D eigenvalue weighted by molar-refractivity contribution is 5.58. The van der Waals surface area contributed by atoms with Crippen molar-refractivity contribution in [3.8, 4) is 5.75 Å². The van der Waals surface area contributed by atoms with Gasteiger partial charge in [0.15, 0.2) is 0 Å². The van der Waals surface area contributed by atoms with Gasteiger partial charge in [0.1, 0.15) is 5.75 Å². The van der Waals surface area contributed by atoms with Crippen LogP contribution in [0.15, 0.2) is 54.6 Å². The number of para-hydroxylation sites is 2. The number of aliphatic hydroxyl groups excluding tert-OH is 1. The van der Waals surface area contributed by atoms with Crippen molar-refractivity contribution in [2.75, 3.05) is 57.9 Å². The number of aliphatic hydroxyl groups is 1. The van der Waals surface area contributed by atoms with Gasteiger partial charge in [-0.1, -0.05) is 49.4 Å². The van der Waals surface area contributed by atoms with E-state index in [9.17, 15) is 5.11 Å². The lowest BCUT2D eigenvalue weighted by Crippen LogP contribution is -2.49. The molecule has 1 fully saturated rings. The van der Waals surface area contributed by atoms with Crippen molar-refractivity contribution in [2.24, 2.45) is 0 Å². The molecule has 0 bridgehead atoms. The van der Waals surface area contributed by atoms with Gasteiger partial charge in [0, 0.05) is 38.6 Å². The Kier molecular flexibility index (Phi) is 7.71. The number of hydrogen-bond donors (Lipinski definition) is 1. The molecule has 2 unspecified atom stereocenters. The number of anilines is 1. The third kappa shape index (κ3) is 5.71. The first kappa shape index (κ1) is 20.6. The molecule has 0 aliphatic carbocycles. The monoisotopic (exact) mass is 384 g/mol. The second kappa shape index (κ2) is 10.5. The number of nitrogens with zero attached hydrogens (tertiary/aromatic N) is 2. The quantitative estimate of drug-likeness (QED) is 0.720. The molecule has 1 heterocycles. The first-order chi connectivity index (χ1) is 13.7. The lowest BCUT2D eigenvalue weighted by molar-refractivity contribution is 0.0123. The molecule has 0 spiro atoms. The van der Waals surface area contributed by atoms with E-state index in [0.29, 0.717) is 25.7 Å². The minimum absolute atomic E-state index is 0.331. The summed E-state index contributed by atoms with van der Waals surface area (Å²) >= 11 is 0. The predicted molar refractivity (Wildman–Crippen MR) is 113 cm³/mol. The fourth-order valence-electron chi connectivity index (χ4n) is 3.67. The number of β-amino-alcohol motifs (C(OH)–C–C–N with tert-alkyl or cyclic N) is 1. The largest absolute Gasteiger partial charge is 0.495 e. The van der Waals surface area contributed by atoms with E-state index in [1.54, 1.807) is 7.11 Å². The molecule has 152 valence electrons. The maximum atomic E-state index is 10.3. The van der Waals surface area contributed by atoms with Crippen LogP contribution in [0.3, 0.4) is 0 Å². The third-order valence-corrected chi connectivity index (χ3v) is 5.31. The molecule has 3 rings (SSSR count). The summed E-state index contributed by atoms with van der Waals surface area (Å²) in [6.07, 6.45) is -0.458. The molecule has 0 saturated carbocycles. The molecular weight excluding hydrogens is 352 g/mol. The Morgan fingerprint density at radius 3 is 2.32 bits per heavy atom. The summed E-state index contributed by atoms with van der Waals surface area (Å²) in [6.45, 7) is 7.52. The van der Waals surface area contributed by atoms with Crippen LogP contribution in [0.5, 0.6) is 5.75 Å². The molecule has 0 aromatic heterocycles. The van der Waals surface area contributed by atoms with Crippen molar-refractivity contribution in [3.05, 3.63) is 60.2 Å². The second-order valence-electron chi connectivity index (χ2n) is 7.46. The van der Waals surface area contributed by atoms with Gasteiger partial charge in [-0.15, -0.1) is 0 Å². The van der Waals surface area contributed by atoms with Crippen LogP contribution < -0.4 is 9.64 Å². The zero-order chi connectivity index (χ0) is 19.8. The SMILES string of the molecule is COc1ccccc1N1CCN(CC(O)COCC(C)c2ccccc2)CC1. The van der Waals surface area contributed by atoms with Gasteiger partial charge in [-0.2, -0.15) is 0 Å². The third-order valence-electron chi connectivity index (χ3n) is 5.31. The molecule has 2 aromatic carbocycles. The standard InChI is InChI=1S/C23H32N2O3/c1-19(20-8-4-3-5-9-20)17-28-18-21(26)16-24-12-14-25(15-13-24)22-10-6-7-11-23(22)27-2/h3-11,19,21,26H,12-18H2,1-2H3.